The van der Waals surface area contributed by atoms with E-state index >= 15 is 0 Å². The van der Waals surface area contributed by atoms with Crippen molar-refractivity contribution in [1.29, 1.82) is 0 Å². The molecule has 0 fully saturated rings. The minimum absolute atomic E-state index is 0.101. The molecule has 1 unspecified atom stereocenters. The summed E-state index contributed by atoms with van der Waals surface area (Å²) in [5.74, 6) is 1.63. The number of hydrogen-bond acceptors (Lipinski definition) is 4. The molecule has 1 aliphatic rings. The Morgan fingerprint density at radius 1 is 1.35 bits per heavy atom. The molecule has 1 aromatic rings. The van der Waals surface area contributed by atoms with Gasteiger partial charge in [-0.05, 0) is 25.1 Å². The van der Waals surface area contributed by atoms with Crippen molar-refractivity contribution in [3.63, 3.8) is 0 Å². The molecule has 0 spiro atoms. The first-order valence-corrected chi connectivity index (χ1v) is 5.81. The molecule has 0 aromatic heterocycles. The van der Waals surface area contributed by atoms with Crippen LogP contribution in [0.4, 0.5) is 0 Å². The summed E-state index contributed by atoms with van der Waals surface area (Å²) in [6, 6.07) is 4.01. The van der Waals surface area contributed by atoms with Gasteiger partial charge in [0, 0.05) is 12.1 Å². The third-order valence-corrected chi connectivity index (χ3v) is 3.09. The Labute approximate surface area is 102 Å². The number of methoxy groups -OCH3 is 2. The molecule has 4 heteroatoms. The van der Waals surface area contributed by atoms with E-state index in [9.17, 15) is 0 Å². The Hall–Kier alpha value is -1.26. The fraction of sp³-hybridized carbons (Fsp3) is 0.538. The lowest BCUT2D eigenvalue weighted by molar-refractivity contribution is 0.0429. The van der Waals surface area contributed by atoms with Gasteiger partial charge in [-0.2, -0.15) is 0 Å². The Balaban J connectivity index is 2.43. The number of nitrogens with one attached hydrogen (secondary N) is 1. The molecule has 0 amide bonds. The lowest BCUT2D eigenvalue weighted by Crippen LogP contribution is -2.25. The summed E-state index contributed by atoms with van der Waals surface area (Å²) < 4.78 is 16.5. The first-order chi connectivity index (χ1) is 8.31. The van der Waals surface area contributed by atoms with Crippen molar-refractivity contribution < 1.29 is 14.2 Å². The highest BCUT2D eigenvalue weighted by molar-refractivity contribution is 5.52. The molecule has 17 heavy (non-hydrogen) atoms. The number of hydrogen-bond donors (Lipinski definition) is 1. The van der Waals surface area contributed by atoms with Gasteiger partial charge in [0.25, 0.3) is 0 Å². The van der Waals surface area contributed by atoms with E-state index in [0.717, 1.165) is 31.1 Å². The van der Waals surface area contributed by atoms with Crippen LogP contribution in [0.5, 0.6) is 11.5 Å². The third kappa shape index (κ3) is 2.23. The van der Waals surface area contributed by atoms with E-state index in [1.54, 1.807) is 14.2 Å². The standard InChI is InChI=1S/C13H19NO3/c1-14-8-12-9-4-5-11(15-2)13(16-3)10(9)6-7-17-12/h4-5,12,14H,6-8H2,1-3H3. The molecule has 0 radical (unpaired) electrons. The largest absolute Gasteiger partial charge is 0.493 e. The van der Waals surface area contributed by atoms with Gasteiger partial charge in [-0.25, -0.2) is 0 Å². The highest BCUT2D eigenvalue weighted by atomic mass is 16.5. The summed E-state index contributed by atoms with van der Waals surface area (Å²) in [6.45, 7) is 1.53. The van der Waals surface area contributed by atoms with Crippen LogP contribution in [0.15, 0.2) is 12.1 Å². The molecule has 1 atom stereocenters. The molecule has 0 bridgehead atoms. The molecule has 1 heterocycles. The minimum Gasteiger partial charge on any atom is -0.493 e. The van der Waals surface area contributed by atoms with Crippen LogP contribution in [0.25, 0.3) is 0 Å². The van der Waals surface area contributed by atoms with E-state index in [4.69, 9.17) is 14.2 Å². The van der Waals surface area contributed by atoms with E-state index in [1.165, 1.54) is 11.1 Å². The molecule has 1 aliphatic heterocycles. The molecule has 1 N–H and O–H groups in total. The highest BCUT2D eigenvalue weighted by Crippen LogP contribution is 2.39. The Kier molecular flexibility index (Phi) is 3.86. The number of fused-ring (bicyclic) bond motifs is 1. The second-order valence-electron chi connectivity index (χ2n) is 4.04. The number of rotatable bonds is 4. The van der Waals surface area contributed by atoms with Crippen molar-refractivity contribution in [1.82, 2.24) is 5.32 Å². The van der Waals surface area contributed by atoms with Crippen molar-refractivity contribution in [3.8, 4) is 11.5 Å². The lowest BCUT2D eigenvalue weighted by Gasteiger charge is -2.28. The third-order valence-electron chi connectivity index (χ3n) is 3.09. The van der Waals surface area contributed by atoms with Gasteiger partial charge in [-0.15, -0.1) is 0 Å². The Bertz CT molecular complexity index is 392. The molecule has 0 saturated heterocycles. The zero-order valence-corrected chi connectivity index (χ0v) is 10.6. The van der Waals surface area contributed by atoms with Gasteiger partial charge in [-0.1, -0.05) is 6.07 Å². The van der Waals surface area contributed by atoms with E-state index in [-0.39, 0.29) is 6.10 Å². The van der Waals surface area contributed by atoms with Crippen molar-refractivity contribution in [2.75, 3.05) is 34.4 Å². The SMILES string of the molecule is CNCC1OCCc2c1ccc(OC)c2OC. The van der Waals surface area contributed by atoms with Crippen LogP contribution in [0.2, 0.25) is 0 Å². The first-order valence-electron chi connectivity index (χ1n) is 5.81. The summed E-state index contributed by atoms with van der Waals surface area (Å²) in [5.41, 5.74) is 2.40. The van der Waals surface area contributed by atoms with Gasteiger partial charge in [0.1, 0.15) is 0 Å². The predicted molar refractivity (Wildman–Crippen MR) is 65.9 cm³/mol. The molecule has 1 aromatic carbocycles. The molecule has 2 rings (SSSR count). The summed E-state index contributed by atoms with van der Waals surface area (Å²) in [5, 5.41) is 3.15. The zero-order valence-electron chi connectivity index (χ0n) is 10.6. The van der Waals surface area contributed by atoms with Crippen molar-refractivity contribution in [2.24, 2.45) is 0 Å². The number of ether oxygens (including phenoxy) is 3. The van der Waals surface area contributed by atoms with Crippen molar-refractivity contribution in [3.05, 3.63) is 23.3 Å². The Morgan fingerprint density at radius 3 is 2.82 bits per heavy atom. The maximum Gasteiger partial charge on any atom is 0.164 e. The average molecular weight is 237 g/mol. The van der Waals surface area contributed by atoms with E-state index in [2.05, 4.69) is 11.4 Å². The lowest BCUT2D eigenvalue weighted by atomic mass is 9.96. The molecule has 0 saturated carbocycles. The van der Waals surface area contributed by atoms with Gasteiger partial charge in [-0.3, -0.25) is 0 Å². The summed E-state index contributed by atoms with van der Waals surface area (Å²) in [7, 11) is 5.27. The monoisotopic (exact) mass is 237 g/mol. The Morgan fingerprint density at radius 2 is 2.18 bits per heavy atom. The fourth-order valence-corrected chi connectivity index (χ4v) is 2.31. The van der Waals surface area contributed by atoms with Crippen LogP contribution < -0.4 is 14.8 Å². The summed E-state index contributed by atoms with van der Waals surface area (Å²) in [6.07, 6.45) is 0.971. The topological polar surface area (TPSA) is 39.7 Å². The van der Waals surface area contributed by atoms with Gasteiger partial charge in [0.15, 0.2) is 11.5 Å². The number of likely N-dealkylation sites (N-methyl/N-ethyl adjacent to an activating group) is 1. The molecule has 94 valence electrons. The van der Waals surface area contributed by atoms with Crippen LogP contribution in [-0.4, -0.2) is 34.4 Å². The summed E-state index contributed by atoms with van der Waals surface area (Å²) >= 11 is 0. The van der Waals surface area contributed by atoms with Gasteiger partial charge in [0.2, 0.25) is 0 Å². The molecule has 4 nitrogen and oxygen atoms in total. The fourth-order valence-electron chi connectivity index (χ4n) is 2.31. The van der Waals surface area contributed by atoms with Crippen LogP contribution in [0.3, 0.4) is 0 Å². The maximum atomic E-state index is 5.76. The predicted octanol–water partition coefficient (Wildman–Crippen LogP) is 1.54. The van der Waals surface area contributed by atoms with Gasteiger partial charge in [0.05, 0.1) is 26.9 Å². The smallest absolute Gasteiger partial charge is 0.164 e. The summed E-state index contributed by atoms with van der Waals surface area (Å²) in [4.78, 5) is 0. The van der Waals surface area contributed by atoms with Crippen LogP contribution in [0.1, 0.15) is 17.2 Å². The van der Waals surface area contributed by atoms with Crippen molar-refractivity contribution in [2.45, 2.75) is 12.5 Å². The van der Waals surface area contributed by atoms with E-state index in [1.807, 2.05) is 13.1 Å². The zero-order chi connectivity index (χ0) is 12.3. The van der Waals surface area contributed by atoms with Gasteiger partial charge < -0.3 is 19.5 Å². The van der Waals surface area contributed by atoms with E-state index in [0.29, 0.717) is 0 Å². The van der Waals surface area contributed by atoms with Gasteiger partial charge >= 0.3 is 0 Å². The van der Waals surface area contributed by atoms with Crippen LogP contribution >= 0.6 is 0 Å². The van der Waals surface area contributed by atoms with Crippen molar-refractivity contribution >= 4 is 0 Å². The number of benzene rings is 1. The quantitative estimate of drug-likeness (QED) is 0.862. The highest BCUT2D eigenvalue weighted by Gasteiger charge is 2.25. The minimum atomic E-state index is 0.101. The van der Waals surface area contributed by atoms with Crippen LogP contribution in [0, 0.1) is 0 Å². The normalized spacial score (nSPS) is 18.6. The van der Waals surface area contributed by atoms with E-state index < -0.39 is 0 Å². The van der Waals surface area contributed by atoms with Crippen LogP contribution in [-0.2, 0) is 11.2 Å². The second kappa shape index (κ2) is 5.38. The first kappa shape index (κ1) is 12.2. The molecule has 0 aliphatic carbocycles. The maximum absolute atomic E-state index is 5.76. The second-order valence-corrected chi connectivity index (χ2v) is 4.04. The average Bonchev–Trinajstić information content (AvgIpc) is 2.38. The molecular formula is C13H19NO3. The molecular weight excluding hydrogens is 218 g/mol.